The Morgan fingerprint density at radius 3 is 2.58 bits per heavy atom. The Kier molecular flexibility index (Phi) is 5.05. The lowest BCUT2D eigenvalue weighted by Crippen LogP contribution is -2.53. The van der Waals surface area contributed by atoms with Crippen LogP contribution < -0.4 is 0 Å². The van der Waals surface area contributed by atoms with Gasteiger partial charge in [-0.2, -0.15) is 5.10 Å². The average molecular weight is 434 g/mol. The molecule has 0 radical (unpaired) electrons. The Labute approximate surface area is 186 Å². The van der Waals surface area contributed by atoms with Crippen molar-refractivity contribution in [2.45, 2.75) is 45.2 Å². The highest BCUT2D eigenvalue weighted by molar-refractivity contribution is 6.30. The molecule has 0 spiro atoms. The summed E-state index contributed by atoms with van der Waals surface area (Å²) in [6, 6.07) is 18.3. The second kappa shape index (κ2) is 7.75. The van der Waals surface area contributed by atoms with Gasteiger partial charge in [-0.1, -0.05) is 53.6 Å². The van der Waals surface area contributed by atoms with E-state index in [1.165, 1.54) is 11.1 Å². The number of aryl methyl sites for hydroxylation is 1. The average Bonchev–Trinajstić information content (AvgIpc) is 3.16. The van der Waals surface area contributed by atoms with Gasteiger partial charge in [0.15, 0.2) is 18.2 Å². The van der Waals surface area contributed by atoms with E-state index in [9.17, 15) is 0 Å². The summed E-state index contributed by atoms with van der Waals surface area (Å²) in [5.41, 5.74) is 5.77. The summed E-state index contributed by atoms with van der Waals surface area (Å²) >= 11 is 6.07. The molecular weight excluding hydrogens is 410 g/mol. The minimum Gasteiger partial charge on any atom is -0.323 e. The van der Waals surface area contributed by atoms with Crippen molar-refractivity contribution in [3.63, 3.8) is 0 Å². The fraction of sp³-hybridized carbons (Fsp3) is 0.280. The third-order valence-electron chi connectivity index (χ3n) is 5.95. The van der Waals surface area contributed by atoms with Gasteiger partial charge in [0.2, 0.25) is 0 Å². The molecule has 0 aliphatic carbocycles. The van der Waals surface area contributed by atoms with Gasteiger partial charge in [0.25, 0.3) is 0 Å². The second-order valence-electron chi connectivity index (χ2n) is 8.39. The van der Waals surface area contributed by atoms with Crippen molar-refractivity contribution in [1.82, 2.24) is 14.6 Å². The zero-order valence-electron chi connectivity index (χ0n) is 17.7. The van der Waals surface area contributed by atoms with Crippen molar-refractivity contribution in [3.8, 4) is 11.1 Å². The van der Waals surface area contributed by atoms with Crippen LogP contribution in [-0.4, -0.2) is 27.2 Å². The van der Waals surface area contributed by atoms with Crippen LogP contribution in [0.25, 0.3) is 16.8 Å². The van der Waals surface area contributed by atoms with E-state index in [2.05, 4.69) is 43.1 Å². The largest absolute Gasteiger partial charge is 0.323 e. The first-order chi connectivity index (χ1) is 14.9. The molecule has 1 atom stereocenters. The summed E-state index contributed by atoms with van der Waals surface area (Å²) in [4.78, 5) is 4.64. The number of fused-ring (bicyclic) bond motifs is 1. The van der Waals surface area contributed by atoms with E-state index in [4.69, 9.17) is 26.2 Å². The smallest absolute Gasteiger partial charge is 0.174 e. The maximum atomic E-state index is 6.07. The third-order valence-corrected chi connectivity index (χ3v) is 6.20. The van der Waals surface area contributed by atoms with E-state index >= 15 is 0 Å². The van der Waals surface area contributed by atoms with Crippen LogP contribution in [0.5, 0.6) is 0 Å². The van der Waals surface area contributed by atoms with Crippen LogP contribution in [0.4, 0.5) is 0 Å². The molecule has 1 aliphatic rings. The van der Waals surface area contributed by atoms with E-state index in [1.54, 1.807) is 0 Å². The maximum absolute atomic E-state index is 6.07. The van der Waals surface area contributed by atoms with Gasteiger partial charge in [0, 0.05) is 16.8 Å². The Hall–Kier alpha value is -2.73. The molecule has 2 aromatic carbocycles. The molecule has 0 saturated carbocycles. The van der Waals surface area contributed by atoms with E-state index in [-0.39, 0.29) is 12.6 Å². The van der Waals surface area contributed by atoms with Crippen molar-refractivity contribution >= 4 is 17.2 Å². The molecule has 31 heavy (non-hydrogen) atoms. The highest BCUT2D eigenvalue weighted by Gasteiger charge is 2.47. The van der Waals surface area contributed by atoms with Gasteiger partial charge in [-0.25, -0.2) is 9.50 Å². The fourth-order valence-electron chi connectivity index (χ4n) is 4.36. The van der Waals surface area contributed by atoms with Crippen LogP contribution in [0.15, 0.2) is 67.0 Å². The highest BCUT2D eigenvalue weighted by Crippen LogP contribution is 2.40. The molecule has 6 heteroatoms. The number of aromatic nitrogens is 3. The Balaban J connectivity index is 1.62. The molecule has 2 aromatic heterocycles. The van der Waals surface area contributed by atoms with E-state index in [0.717, 1.165) is 28.9 Å². The highest BCUT2D eigenvalue weighted by atomic mass is 35.5. The van der Waals surface area contributed by atoms with Crippen LogP contribution in [0, 0.1) is 6.92 Å². The predicted molar refractivity (Wildman–Crippen MR) is 121 cm³/mol. The Bertz CT molecular complexity index is 1230. The van der Waals surface area contributed by atoms with E-state index in [1.807, 2.05) is 54.2 Å². The summed E-state index contributed by atoms with van der Waals surface area (Å²) in [7, 11) is 0. The standard InChI is InChI=1S/C25H24ClN3O2/c1-16-5-4-6-18(13-16)14-25(3,24-30-17(2)31-24)22-11-12-27-23-21(15-28-29(22)23)19-7-9-20(26)10-8-19/h4-13,15,17,24H,14H2,1-3H3. The SMILES string of the molecule is Cc1cccc(CC(C)(c2ccnc3c(-c4ccc(Cl)cc4)cnn23)C2OC(C)O2)c1. The number of rotatable bonds is 5. The van der Waals surface area contributed by atoms with Crippen LogP contribution >= 0.6 is 11.6 Å². The lowest BCUT2D eigenvalue weighted by molar-refractivity contribution is -0.396. The Morgan fingerprint density at radius 1 is 1.10 bits per heavy atom. The van der Waals surface area contributed by atoms with Crippen LogP contribution in [0.2, 0.25) is 5.02 Å². The predicted octanol–water partition coefficient (Wildman–Crippen LogP) is 5.58. The lowest BCUT2D eigenvalue weighted by Gasteiger charge is -2.45. The monoisotopic (exact) mass is 433 g/mol. The van der Waals surface area contributed by atoms with Crippen molar-refractivity contribution in [2.75, 3.05) is 0 Å². The quantitative estimate of drug-likeness (QED) is 0.412. The second-order valence-corrected chi connectivity index (χ2v) is 8.82. The lowest BCUT2D eigenvalue weighted by atomic mass is 9.78. The van der Waals surface area contributed by atoms with Gasteiger partial charge < -0.3 is 9.47 Å². The topological polar surface area (TPSA) is 48.7 Å². The molecule has 0 bridgehead atoms. The fourth-order valence-corrected chi connectivity index (χ4v) is 4.48. The molecule has 1 saturated heterocycles. The maximum Gasteiger partial charge on any atom is 0.174 e. The van der Waals surface area contributed by atoms with Gasteiger partial charge in [0.05, 0.1) is 17.3 Å². The van der Waals surface area contributed by atoms with Crippen molar-refractivity contribution in [2.24, 2.45) is 0 Å². The molecule has 1 unspecified atom stereocenters. The van der Waals surface area contributed by atoms with Crippen LogP contribution in [0.1, 0.15) is 30.7 Å². The minimum absolute atomic E-state index is 0.207. The summed E-state index contributed by atoms with van der Waals surface area (Å²) in [6.07, 6.45) is 3.87. The molecule has 1 aliphatic heterocycles. The Morgan fingerprint density at radius 2 is 1.87 bits per heavy atom. The molecule has 158 valence electrons. The van der Waals surface area contributed by atoms with Gasteiger partial charge in [0.1, 0.15) is 0 Å². The van der Waals surface area contributed by atoms with Crippen LogP contribution in [0.3, 0.4) is 0 Å². The zero-order chi connectivity index (χ0) is 21.6. The first-order valence-electron chi connectivity index (χ1n) is 10.4. The first-order valence-corrected chi connectivity index (χ1v) is 10.8. The van der Waals surface area contributed by atoms with E-state index < -0.39 is 5.41 Å². The number of hydrogen-bond donors (Lipinski definition) is 0. The molecule has 1 fully saturated rings. The van der Waals surface area contributed by atoms with Crippen molar-refractivity contribution < 1.29 is 9.47 Å². The summed E-state index contributed by atoms with van der Waals surface area (Å²) in [6.45, 7) is 6.19. The van der Waals surface area contributed by atoms with Crippen molar-refractivity contribution in [1.29, 1.82) is 0 Å². The van der Waals surface area contributed by atoms with Gasteiger partial charge >= 0.3 is 0 Å². The molecule has 0 amide bonds. The number of benzene rings is 2. The molecular formula is C25H24ClN3O2. The third kappa shape index (κ3) is 3.63. The van der Waals surface area contributed by atoms with Gasteiger partial charge in [-0.15, -0.1) is 0 Å². The summed E-state index contributed by atoms with van der Waals surface area (Å²) in [5, 5.41) is 5.41. The number of hydrogen-bond acceptors (Lipinski definition) is 4. The molecule has 4 aromatic rings. The molecule has 5 rings (SSSR count). The van der Waals surface area contributed by atoms with Crippen molar-refractivity contribution in [3.05, 3.63) is 88.8 Å². The zero-order valence-corrected chi connectivity index (χ0v) is 18.5. The van der Waals surface area contributed by atoms with Crippen LogP contribution in [-0.2, 0) is 21.3 Å². The molecule has 5 nitrogen and oxygen atoms in total. The number of nitrogens with zero attached hydrogens (tertiary/aromatic N) is 3. The van der Waals surface area contributed by atoms with E-state index in [0.29, 0.717) is 5.02 Å². The molecule has 0 N–H and O–H groups in total. The van der Waals surface area contributed by atoms with Gasteiger partial charge in [-0.3, -0.25) is 0 Å². The van der Waals surface area contributed by atoms with Gasteiger partial charge in [-0.05, 0) is 56.5 Å². The summed E-state index contributed by atoms with van der Waals surface area (Å²) < 4.78 is 13.9. The summed E-state index contributed by atoms with van der Waals surface area (Å²) in [5.74, 6) is 0. The number of halogens is 1. The number of ether oxygens (including phenoxy) is 2. The first kappa shape index (κ1) is 20.2. The normalized spacial score (nSPS) is 20.4. The minimum atomic E-state index is -0.454. The molecule has 3 heterocycles.